The van der Waals surface area contributed by atoms with Crippen LogP contribution in [0.5, 0.6) is 0 Å². The summed E-state index contributed by atoms with van der Waals surface area (Å²) < 4.78 is 4.98. The van der Waals surface area contributed by atoms with Crippen LogP contribution in [-0.4, -0.2) is 52.4 Å². The van der Waals surface area contributed by atoms with Crippen molar-refractivity contribution in [3.63, 3.8) is 0 Å². The van der Waals surface area contributed by atoms with Crippen molar-refractivity contribution in [1.82, 2.24) is 4.90 Å². The molecular weight excluding hydrogens is 332 g/mol. The molecular formula is C16H18N2O5S. The molecule has 2 rings (SSSR count). The molecule has 128 valence electrons. The average molecular weight is 350 g/mol. The predicted octanol–water partition coefficient (Wildman–Crippen LogP) is 2.02. The maximum absolute atomic E-state index is 12.5. The number of carbonyl (C=O) groups is 3. The van der Waals surface area contributed by atoms with Crippen molar-refractivity contribution in [3.8, 4) is 0 Å². The van der Waals surface area contributed by atoms with E-state index in [9.17, 15) is 14.4 Å². The van der Waals surface area contributed by atoms with Crippen LogP contribution in [0.1, 0.15) is 16.8 Å². The molecule has 8 heteroatoms. The molecule has 1 aromatic rings. The zero-order chi connectivity index (χ0) is 17.7. The van der Waals surface area contributed by atoms with E-state index in [1.807, 2.05) is 0 Å². The van der Waals surface area contributed by atoms with E-state index in [4.69, 9.17) is 9.84 Å². The zero-order valence-corrected chi connectivity index (χ0v) is 13.7. The Morgan fingerprint density at radius 2 is 2.21 bits per heavy atom. The highest BCUT2D eigenvalue weighted by molar-refractivity contribution is 7.81. The van der Waals surface area contributed by atoms with Crippen LogP contribution in [-0.2, 0) is 9.53 Å². The van der Waals surface area contributed by atoms with Gasteiger partial charge in [0, 0.05) is 17.5 Å². The Hall–Kier alpha value is -2.48. The van der Waals surface area contributed by atoms with Crippen LogP contribution in [0.15, 0.2) is 36.9 Å². The van der Waals surface area contributed by atoms with Gasteiger partial charge in [-0.15, -0.1) is 0 Å². The molecule has 0 aromatic heterocycles. The molecule has 0 radical (unpaired) electrons. The van der Waals surface area contributed by atoms with E-state index in [2.05, 4.69) is 24.5 Å². The van der Waals surface area contributed by atoms with Gasteiger partial charge in [-0.1, -0.05) is 18.7 Å². The monoisotopic (exact) mass is 350 g/mol. The fourth-order valence-electron chi connectivity index (χ4n) is 2.43. The van der Waals surface area contributed by atoms with Crippen molar-refractivity contribution in [2.45, 2.75) is 17.7 Å². The number of rotatable bonds is 5. The van der Waals surface area contributed by atoms with Gasteiger partial charge in [0.25, 0.3) is 0 Å². The maximum atomic E-state index is 12.5. The first-order valence-electron chi connectivity index (χ1n) is 7.29. The number of amides is 2. The average Bonchev–Trinajstić information content (AvgIpc) is 2.95. The summed E-state index contributed by atoms with van der Waals surface area (Å²) in [4.78, 5) is 36.8. The molecule has 2 amide bonds. The maximum Gasteiger partial charge on any atom is 0.410 e. The van der Waals surface area contributed by atoms with Gasteiger partial charge in [-0.2, -0.15) is 12.6 Å². The Balaban J connectivity index is 2.09. The number of nitrogens with zero attached hydrogens (tertiary/aromatic N) is 1. The molecule has 1 heterocycles. The number of aromatic carboxylic acids is 1. The first-order chi connectivity index (χ1) is 11.4. The molecule has 0 saturated carbocycles. The zero-order valence-electron chi connectivity index (χ0n) is 12.8. The number of carbonyl (C=O) groups excluding carboxylic acids is 2. The van der Waals surface area contributed by atoms with Crippen LogP contribution in [0, 0.1) is 0 Å². The van der Waals surface area contributed by atoms with Gasteiger partial charge in [0.05, 0.1) is 5.56 Å². The Morgan fingerprint density at radius 3 is 2.88 bits per heavy atom. The minimum Gasteiger partial charge on any atom is -0.478 e. The fraction of sp³-hybridized carbons (Fsp3) is 0.312. The van der Waals surface area contributed by atoms with Crippen molar-refractivity contribution in [2.24, 2.45) is 0 Å². The van der Waals surface area contributed by atoms with E-state index < -0.39 is 24.0 Å². The molecule has 2 atom stereocenters. The summed E-state index contributed by atoms with van der Waals surface area (Å²) in [6, 6.07) is 5.17. The lowest BCUT2D eigenvalue weighted by Crippen LogP contribution is -2.43. The number of anilines is 1. The molecule has 1 aromatic carbocycles. The second-order valence-electron chi connectivity index (χ2n) is 5.30. The molecule has 7 nitrogen and oxygen atoms in total. The highest BCUT2D eigenvalue weighted by Crippen LogP contribution is 2.24. The highest BCUT2D eigenvalue weighted by atomic mass is 32.1. The summed E-state index contributed by atoms with van der Waals surface area (Å²) in [6.07, 6.45) is 1.22. The number of carboxylic acid groups (broad SMARTS) is 1. The third-order valence-electron chi connectivity index (χ3n) is 3.52. The lowest BCUT2D eigenvalue weighted by Gasteiger charge is -2.23. The van der Waals surface area contributed by atoms with Crippen molar-refractivity contribution in [1.29, 1.82) is 0 Å². The van der Waals surface area contributed by atoms with Gasteiger partial charge >= 0.3 is 12.1 Å². The molecule has 0 aliphatic carbocycles. The van der Waals surface area contributed by atoms with Crippen LogP contribution in [0.25, 0.3) is 0 Å². The molecule has 1 aliphatic heterocycles. The van der Waals surface area contributed by atoms with E-state index in [1.165, 1.54) is 29.2 Å². The van der Waals surface area contributed by atoms with Crippen molar-refractivity contribution in [3.05, 3.63) is 42.5 Å². The number of likely N-dealkylation sites (tertiary alicyclic amines) is 1. The van der Waals surface area contributed by atoms with Crippen LogP contribution < -0.4 is 5.32 Å². The molecule has 1 saturated heterocycles. The Labute approximate surface area is 144 Å². The highest BCUT2D eigenvalue weighted by Gasteiger charge is 2.39. The molecule has 0 spiro atoms. The molecule has 24 heavy (non-hydrogen) atoms. The van der Waals surface area contributed by atoms with Crippen LogP contribution in [0.4, 0.5) is 10.5 Å². The third-order valence-corrected chi connectivity index (χ3v) is 3.89. The lowest BCUT2D eigenvalue weighted by molar-refractivity contribution is -0.120. The summed E-state index contributed by atoms with van der Waals surface area (Å²) in [7, 11) is 0. The van der Waals surface area contributed by atoms with E-state index in [0.717, 1.165) is 0 Å². The number of hydrogen-bond acceptors (Lipinski definition) is 5. The SMILES string of the molecule is C=CCOC(=O)N1CC(S)CC1C(=O)Nc1cccc(C(=O)O)c1. The topological polar surface area (TPSA) is 95.9 Å². The standard InChI is InChI=1S/C16H18N2O5S/c1-2-6-23-16(22)18-9-12(24)8-13(18)14(19)17-11-5-3-4-10(7-11)15(20)21/h2-5,7,12-13,24H,1,6,8-9H2,(H,17,19)(H,20,21). The molecule has 0 bridgehead atoms. The Morgan fingerprint density at radius 1 is 1.46 bits per heavy atom. The van der Waals surface area contributed by atoms with Gasteiger partial charge in [0.1, 0.15) is 12.6 Å². The number of hydrogen-bond donors (Lipinski definition) is 3. The van der Waals surface area contributed by atoms with Gasteiger partial charge < -0.3 is 15.2 Å². The number of ether oxygens (including phenoxy) is 1. The summed E-state index contributed by atoms with van der Waals surface area (Å²) in [6.45, 7) is 3.82. The first kappa shape index (κ1) is 17.9. The number of carboxylic acids is 1. The molecule has 2 unspecified atom stereocenters. The number of benzene rings is 1. The lowest BCUT2D eigenvalue weighted by atomic mass is 10.1. The van der Waals surface area contributed by atoms with Crippen LogP contribution >= 0.6 is 12.6 Å². The quantitative estimate of drug-likeness (QED) is 0.558. The van der Waals surface area contributed by atoms with Crippen molar-refractivity contribution < 1.29 is 24.2 Å². The molecule has 1 fully saturated rings. The summed E-state index contributed by atoms with van der Waals surface area (Å²) in [5.74, 6) is -1.50. The summed E-state index contributed by atoms with van der Waals surface area (Å²) in [5, 5.41) is 11.5. The van der Waals surface area contributed by atoms with E-state index in [-0.39, 0.29) is 17.4 Å². The molecule has 1 aliphatic rings. The van der Waals surface area contributed by atoms with Gasteiger partial charge in [-0.05, 0) is 24.6 Å². The summed E-state index contributed by atoms with van der Waals surface area (Å²) in [5.41, 5.74) is 0.412. The van der Waals surface area contributed by atoms with Crippen molar-refractivity contribution in [2.75, 3.05) is 18.5 Å². The van der Waals surface area contributed by atoms with Gasteiger partial charge in [-0.3, -0.25) is 9.69 Å². The number of thiol groups is 1. The Kier molecular flexibility index (Phi) is 5.86. The predicted molar refractivity (Wildman–Crippen MR) is 91.5 cm³/mol. The third kappa shape index (κ3) is 4.29. The van der Waals surface area contributed by atoms with Crippen LogP contribution in [0.3, 0.4) is 0 Å². The van der Waals surface area contributed by atoms with E-state index in [1.54, 1.807) is 6.07 Å². The van der Waals surface area contributed by atoms with Gasteiger partial charge in [0.2, 0.25) is 5.91 Å². The minimum atomic E-state index is -1.09. The Bertz CT molecular complexity index is 664. The number of nitrogens with one attached hydrogen (secondary N) is 1. The normalized spacial score (nSPS) is 19.6. The van der Waals surface area contributed by atoms with Crippen molar-refractivity contribution >= 4 is 36.3 Å². The van der Waals surface area contributed by atoms with Crippen LogP contribution in [0.2, 0.25) is 0 Å². The second-order valence-corrected chi connectivity index (χ2v) is 6.03. The van der Waals surface area contributed by atoms with E-state index >= 15 is 0 Å². The summed E-state index contributed by atoms with van der Waals surface area (Å²) >= 11 is 4.33. The fourth-order valence-corrected chi connectivity index (χ4v) is 2.81. The second kappa shape index (κ2) is 7.87. The van der Waals surface area contributed by atoms with Gasteiger partial charge in [0.15, 0.2) is 0 Å². The first-order valence-corrected chi connectivity index (χ1v) is 7.80. The largest absolute Gasteiger partial charge is 0.478 e. The minimum absolute atomic E-state index is 0.0571. The smallest absolute Gasteiger partial charge is 0.410 e. The molecule has 2 N–H and O–H groups in total. The van der Waals surface area contributed by atoms with Gasteiger partial charge in [-0.25, -0.2) is 9.59 Å². The van der Waals surface area contributed by atoms with E-state index in [0.29, 0.717) is 18.7 Å².